The van der Waals surface area contributed by atoms with Gasteiger partial charge in [-0.2, -0.15) is 0 Å². The van der Waals surface area contributed by atoms with Crippen LogP contribution in [-0.2, 0) is 4.79 Å². The summed E-state index contributed by atoms with van der Waals surface area (Å²) in [5.74, 6) is -0.740. The van der Waals surface area contributed by atoms with E-state index in [1.54, 1.807) is 48.2 Å². The molecule has 0 radical (unpaired) electrons. The van der Waals surface area contributed by atoms with Crippen LogP contribution < -0.4 is 10.2 Å². The van der Waals surface area contributed by atoms with E-state index in [1.807, 2.05) is 0 Å². The van der Waals surface area contributed by atoms with Gasteiger partial charge in [-0.05, 0) is 37.3 Å². The van der Waals surface area contributed by atoms with E-state index < -0.39 is 5.91 Å². The van der Waals surface area contributed by atoms with Gasteiger partial charge >= 0.3 is 0 Å². The molecule has 2 amide bonds. The Morgan fingerprint density at radius 2 is 1.97 bits per heavy atom. The fourth-order valence-corrected chi connectivity index (χ4v) is 4.88. The third kappa shape index (κ3) is 4.17. The van der Waals surface area contributed by atoms with Crippen LogP contribution >= 0.6 is 22.9 Å². The molecule has 0 saturated carbocycles. The van der Waals surface area contributed by atoms with Crippen LogP contribution in [0.4, 0.5) is 15.2 Å². The van der Waals surface area contributed by atoms with Crippen molar-refractivity contribution in [3.05, 3.63) is 75.7 Å². The maximum Gasteiger partial charge on any atom is 0.263 e. The fraction of sp³-hybridized carbons (Fsp3) is 0.174. The zero-order valence-corrected chi connectivity index (χ0v) is 19.4. The second kappa shape index (κ2) is 8.96. The summed E-state index contributed by atoms with van der Waals surface area (Å²) in [5, 5.41) is 16.4. The number of hydrogen-bond acceptors (Lipinski definition) is 7. The molecule has 1 unspecified atom stereocenters. The van der Waals surface area contributed by atoms with Gasteiger partial charge in [-0.25, -0.2) is 4.39 Å². The normalized spacial score (nSPS) is 15.7. The minimum atomic E-state index is -0.452. The molecule has 0 aliphatic carbocycles. The molecule has 1 saturated heterocycles. The largest absolute Gasteiger partial charge is 0.360 e. The number of rotatable bonds is 5. The molecule has 1 atom stereocenters. The maximum atomic E-state index is 13.2. The summed E-state index contributed by atoms with van der Waals surface area (Å²) >= 11 is 7.47. The van der Waals surface area contributed by atoms with Gasteiger partial charge in [0.25, 0.3) is 5.91 Å². The van der Waals surface area contributed by atoms with Crippen molar-refractivity contribution in [3.8, 4) is 11.3 Å². The summed E-state index contributed by atoms with van der Waals surface area (Å²) in [7, 11) is 0. The van der Waals surface area contributed by atoms with E-state index in [-0.39, 0.29) is 29.6 Å². The number of carbonyl (C=O) groups excluding carboxylic acids is 2. The zero-order chi connectivity index (χ0) is 23.8. The first-order chi connectivity index (χ1) is 16.4. The predicted octanol–water partition coefficient (Wildman–Crippen LogP) is 5.07. The van der Waals surface area contributed by atoms with Gasteiger partial charge in [0.2, 0.25) is 11.0 Å². The molecule has 11 heteroatoms. The molecule has 5 rings (SSSR count). The van der Waals surface area contributed by atoms with E-state index in [0.29, 0.717) is 44.4 Å². The van der Waals surface area contributed by atoms with Crippen LogP contribution in [0.3, 0.4) is 0 Å². The number of halogens is 2. The first-order valence-corrected chi connectivity index (χ1v) is 11.5. The maximum absolute atomic E-state index is 13.2. The first-order valence-electron chi connectivity index (χ1n) is 10.3. The molecule has 8 nitrogen and oxygen atoms in total. The molecule has 1 aliphatic rings. The number of nitrogens with zero attached hydrogens (tertiary/aromatic N) is 4. The van der Waals surface area contributed by atoms with Crippen molar-refractivity contribution in [1.29, 1.82) is 0 Å². The lowest BCUT2D eigenvalue weighted by molar-refractivity contribution is -0.117. The van der Waals surface area contributed by atoms with E-state index in [0.717, 1.165) is 0 Å². The van der Waals surface area contributed by atoms with Gasteiger partial charge in [0.1, 0.15) is 27.8 Å². The third-order valence-corrected chi connectivity index (χ3v) is 6.82. The molecule has 2 aromatic carbocycles. The molecule has 4 aromatic rings. The number of nitrogens with one attached hydrogen (secondary N) is 1. The van der Waals surface area contributed by atoms with Gasteiger partial charge in [-0.1, -0.05) is 46.3 Å². The molecule has 0 bridgehead atoms. The average Bonchev–Trinajstić information content (AvgIpc) is 3.53. The van der Waals surface area contributed by atoms with Crippen molar-refractivity contribution in [2.24, 2.45) is 0 Å². The number of amides is 2. The SMILES string of the molecule is Cc1onc(-c2ccccc2Cl)c1C(=O)Nc1nnc(C2CC(=O)N(c3ccc(F)cc3)C2)s1. The van der Waals surface area contributed by atoms with Gasteiger partial charge in [0.05, 0.1) is 5.02 Å². The molecule has 1 N–H and O–H groups in total. The van der Waals surface area contributed by atoms with Crippen molar-refractivity contribution in [1.82, 2.24) is 15.4 Å². The van der Waals surface area contributed by atoms with E-state index in [9.17, 15) is 14.0 Å². The Kier molecular flexibility index (Phi) is 5.84. The van der Waals surface area contributed by atoms with Crippen molar-refractivity contribution >= 4 is 45.6 Å². The quantitative estimate of drug-likeness (QED) is 0.413. The smallest absolute Gasteiger partial charge is 0.263 e. The van der Waals surface area contributed by atoms with E-state index in [1.165, 1.54) is 23.5 Å². The molecule has 3 heterocycles. The average molecular weight is 498 g/mol. The Hall–Kier alpha value is -3.63. The highest BCUT2D eigenvalue weighted by Crippen LogP contribution is 2.35. The van der Waals surface area contributed by atoms with Crippen molar-refractivity contribution in [2.75, 3.05) is 16.8 Å². The second-order valence-corrected chi connectivity index (χ2v) is 9.14. The Morgan fingerprint density at radius 3 is 2.74 bits per heavy atom. The highest BCUT2D eigenvalue weighted by molar-refractivity contribution is 7.15. The molecular weight excluding hydrogens is 481 g/mol. The number of carbonyl (C=O) groups is 2. The van der Waals surface area contributed by atoms with Crippen LogP contribution in [0, 0.1) is 12.7 Å². The van der Waals surface area contributed by atoms with E-state index in [4.69, 9.17) is 16.1 Å². The van der Waals surface area contributed by atoms with Crippen molar-refractivity contribution < 1.29 is 18.5 Å². The van der Waals surface area contributed by atoms with Crippen molar-refractivity contribution in [3.63, 3.8) is 0 Å². The van der Waals surface area contributed by atoms with Crippen LogP contribution in [0.25, 0.3) is 11.3 Å². The Labute approximate surface area is 202 Å². The lowest BCUT2D eigenvalue weighted by Crippen LogP contribution is -2.24. The molecule has 34 heavy (non-hydrogen) atoms. The number of benzene rings is 2. The highest BCUT2D eigenvalue weighted by atomic mass is 35.5. The van der Waals surface area contributed by atoms with Gasteiger partial charge in [0, 0.05) is 30.1 Å². The predicted molar refractivity (Wildman–Crippen MR) is 126 cm³/mol. The second-order valence-electron chi connectivity index (χ2n) is 7.72. The Bertz CT molecular complexity index is 1390. The van der Waals surface area contributed by atoms with Gasteiger partial charge in [0.15, 0.2) is 0 Å². The summed E-state index contributed by atoms with van der Waals surface area (Å²) in [6, 6.07) is 12.8. The minimum absolute atomic E-state index is 0.0816. The van der Waals surface area contributed by atoms with Crippen LogP contribution in [0.1, 0.15) is 33.5 Å². The third-order valence-electron chi connectivity index (χ3n) is 5.49. The summed E-state index contributed by atoms with van der Waals surface area (Å²) in [5.41, 5.74) is 1.79. The zero-order valence-electron chi connectivity index (χ0n) is 17.8. The molecule has 0 spiro atoms. The van der Waals surface area contributed by atoms with Crippen LogP contribution in [0.5, 0.6) is 0 Å². The minimum Gasteiger partial charge on any atom is -0.360 e. The van der Waals surface area contributed by atoms with E-state index >= 15 is 0 Å². The fourth-order valence-electron chi connectivity index (χ4n) is 3.83. The summed E-state index contributed by atoms with van der Waals surface area (Å²) in [6.45, 7) is 2.04. The van der Waals surface area contributed by atoms with Crippen molar-refractivity contribution in [2.45, 2.75) is 19.3 Å². The molecule has 2 aromatic heterocycles. The molecule has 1 aliphatic heterocycles. The number of anilines is 2. The van der Waals surface area contributed by atoms with Crippen LogP contribution in [0.2, 0.25) is 5.02 Å². The standard InChI is InChI=1S/C23H17ClFN5O3S/c1-12-19(20(29-33-12)16-4-2-3-5-17(16)24)21(32)26-23-28-27-22(34-23)13-10-18(31)30(11-13)15-8-6-14(25)7-9-15/h2-9,13H,10-11H2,1H3,(H,26,28,32). The lowest BCUT2D eigenvalue weighted by atomic mass is 10.1. The topological polar surface area (TPSA) is 101 Å². The van der Waals surface area contributed by atoms with E-state index in [2.05, 4.69) is 20.7 Å². The number of aromatic nitrogens is 3. The van der Waals surface area contributed by atoms with Gasteiger partial charge in [-0.3, -0.25) is 14.9 Å². The van der Waals surface area contributed by atoms with Crippen LogP contribution in [-0.4, -0.2) is 33.7 Å². The molecule has 172 valence electrons. The summed E-state index contributed by atoms with van der Waals surface area (Å²) in [6.07, 6.45) is 0.251. The lowest BCUT2D eigenvalue weighted by Gasteiger charge is -2.16. The van der Waals surface area contributed by atoms with Gasteiger partial charge in [-0.15, -0.1) is 10.2 Å². The first kappa shape index (κ1) is 22.2. The Balaban J connectivity index is 1.33. The summed E-state index contributed by atoms with van der Waals surface area (Å²) < 4.78 is 18.5. The number of aryl methyl sites for hydroxylation is 1. The van der Waals surface area contributed by atoms with Gasteiger partial charge < -0.3 is 9.42 Å². The molecular formula is C23H17ClFN5O3S. The van der Waals surface area contributed by atoms with Crippen LogP contribution in [0.15, 0.2) is 53.1 Å². The Morgan fingerprint density at radius 1 is 1.21 bits per heavy atom. The number of hydrogen-bond donors (Lipinski definition) is 1. The molecule has 1 fully saturated rings. The monoisotopic (exact) mass is 497 g/mol. The highest BCUT2D eigenvalue weighted by Gasteiger charge is 2.34. The summed E-state index contributed by atoms with van der Waals surface area (Å²) in [4.78, 5) is 27.1.